The Morgan fingerprint density at radius 1 is 1.24 bits per heavy atom. The number of aromatic nitrogens is 3. The minimum absolute atomic E-state index is 0.564. The van der Waals surface area contributed by atoms with Crippen LogP contribution < -0.4 is 0 Å². The molecule has 1 unspecified atom stereocenters. The van der Waals surface area contributed by atoms with Gasteiger partial charge in [0.05, 0.1) is 5.69 Å². The van der Waals surface area contributed by atoms with Crippen molar-refractivity contribution in [2.24, 2.45) is 13.0 Å². The molecular formula is C13H16BrN3. The lowest BCUT2D eigenvalue weighted by Crippen LogP contribution is -2.10. The van der Waals surface area contributed by atoms with Crippen LogP contribution in [0.1, 0.15) is 11.3 Å². The molecule has 1 aromatic carbocycles. The molecule has 0 amide bonds. The average molecular weight is 294 g/mol. The van der Waals surface area contributed by atoms with Gasteiger partial charge in [-0.3, -0.25) is 4.68 Å². The topological polar surface area (TPSA) is 30.7 Å². The third kappa shape index (κ3) is 3.66. The highest BCUT2D eigenvalue weighted by Crippen LogP contribution is 2.15. The lowest BCUT2D eigenvalue weighted by molar-refractivity contribution is 0.581. The Hall–Kier alpha value is -1.16. The van der Waals surface area contributed by atoms with Crippen molar-refractivity contribution in [2.45, 2.75) is 12.8 Å². The second-order valence-electron chi connectivity index (χ2n) is 4.30. The van der Waals surface area contributed by atoms with E-state index in [4.69, 9.17) is 0 Å². The van der Waals surface area contributed by atoms with Gasteiger partial charge in [-0.25, -0.2) is 0 Å². The Bertz CT molecular complexity index is 453. The van der Waals surface area contributed by atoms with Crippen LogP contribution in [0.15, 0.2) is 36.5 Å². The first-order chi connectivity index (χ1) is 8.28. The van der Waals surface area contributed by atoms with E-state index < -0.39 is 0 Å². The van der Waals surface area contributed by atoms with Crippen LogP contribution in [0, 0.1) is 5.92 Å². The molecule has 0 N–H and O–H groups in total. The summed E-state index contributed by atoms with van der Waals surface area (Å²) in [6.45, 7) is 0. The van der Waals surface area contributed by atoms with Crippen LogP contribution in [0.3, 0.4) is 0 Å². The number of hydrogen-bond donors (Lipinski definition) is 0. The van der Waals surface area contributed by atoms with Crippen molar-refractivity contribution in [1.82, 2.24) is 15.0 Å². The van der Waals surface area contributed by atoms with E-state index in [2.05, 4.69) is 56.6 Å². The first kappa shape index (κ1) is 12.3. The smallest absolute Gasteiger partial charge is 0.0830 e. The van der Waals surface area contributed by atoms with Crippen LogP contribution in [0.5, 0.6) is 0 Å². The number of hydrogen-bond acceptors (Lipinski definition) is 2. The summed E-state index contributed by atoms with van der Waals surface area (Å²) in [5, 5.41) is 9.08. The summed E-state index contributed by atoms with van der Waals surface area (Å²) >= 11 is 3.58. The molecule has 17 heavy (non-hydrogen) atoms. The normalized spacial score (nSPS) is 12.6. The van der Waals surface area contributed by atoms with Gasteiger partial charge in [-0.15, -0.1) is 5.10 Å². The predicted octanol–water partition coefficient (Wildman–Crippen LogP) is 2.61. The summed E-state index contributed by atoms with van der Waals surface area (Å²) in [4.78, 5) is 0. The molecule has 0 radical (unpaired) electrons. The van der Waals surface area contributed by atoms with E-state index in [1.165, 1.54) is 5.56 Å². The van der Waals surface area contributed by atoms with Gasteiger partial charge in [0.15, 0.2) is 0 Å². The number of alkyl halides is 1. The van der Waals surface area contributed by atoms with E-state index in [-0.39, 0.29) is 0 Å². The highest BCUT2D eigenvalue weighted by atomic mass is 79.9. The maximum Gasteiger partial charge on any atom is 0.0830 e. The molecule has 0 saturated heterocycles. The molecule has 1 aromatic heterocycles. The number of rotatable bonds is 5. The highest BCUT2D eigenvalue weighted by Gasteiger charge is 2.11. The van der Waals surface area contributed by atoms with Gasteiger partial charge in [-0.2, -0.15) is 0 Å². The van der Waals surface area contributed by atoms with Crippen LogP contribution in [0.25, 0.3) is 0 Å². The number of benzene rings is 1. The zero-order chi connectivity index (χ0) is 12.1. The van der Waals surface area contributed by atoms with Gasteiger partial charge in [0.25, 0.3) is 0 Å². The molecule has 0 bridgehead atoms. The third-order valence-electron chi connectivity index (χ3n) is 2.73. The van der Waals surface area contributed by atoms with E-state index in [9.17, 15) is 0 Å². The van der Waals surface area contributed by atoms with Crippen LogP contribution in [-0.2, 0) is 19.9 Å². The maximum atomic E-state index is 4.14. The average Bonchev–Trinajstić information content (AvgIpc) is 2.75. The predicted molar refractivity (Wildman–Crippen MR) is 72.1 cm³/mol. The summed E-state index contributed by atoms with van der Waals surface area (Å²) in [5.41, 5.74) is 2.44. The molecule has 0 spiro atoms. The highest BCUT2D eigenvalue weighted by molar-refractivity contribution is 9.09. The van der Waals surface area contributed by atoms with E-state index in [1.807, 2.05) is 13.2 Å². The van der Waals surface area contributed by atoms with E-state index >= 15 is 0 Å². The van der Waals surface area contributed by atoms with E-state index in [0.717, 1.165) is 23.9 Å². The Labute approximate surface area is 110 Å². The van der Waals surface area contributed by atoms with E-state index in [1.54, 1.807) is 4.68 Å². The number of nitrogens with zero attached hydrogens (tertiary/aromatic N) is 3. The van der Waals surface area contributed by atoms with Gasteiger partial charge in [0.1, 0.15) is 0 Å². The monoisotopic (exact) mass is 293 g/mol. The van der Waals surface area contributed by atoms with Gasteiger partial charge < -0.3 is 0 Å². The Morgan fingerprint density at radius 3 is 2.59 bits per heavy atom. The molecule has 0 aliphatic heterocycles. The van der Waals surface area contributed by atoms with Gasteiger partial charge in [0.2, 0.25) is 0 Å². The zero-order valence-corrected chi connectivity index (χ0v) is 11.5. The van der Waals surface area contributed by atoms with Gasteiger partial charge in [0, 0.05) is 18.6 Å². The van der Waals surface area contributed by atoms with Crippen molar-refractivity contribution in [2.75, 3.05) is 5.33 Å². The fraction of sp³-hybridized carbons (Fsp3) is 0.385. The second kappa shape index (κ2) is 5.96. The minimum Gasteiger partial charge on any atom is -0.255 e. The quantitative estimate of drug-likeness (QED) is 0.794. The number of aryl methyl sites for hydroxylation is 1. The zero-order valence-electron chi connectivity index (χ0n) is 9.88. The van der Waals surface area contributed by atoms with Crippen LogP contribution in [-0.4, -0.2) is 20.3 Å². The van der Waals surface area contributed by atoms with Gasteiger partial charge >= 0.3 is 0 Å². The largest absolute Gasteiger partial charge is 0.255 e. The molecule has 1 atom stereocenters. The van der Waals surface area contributed by atoms with Gasteiger partial charge in [-0.1, -0.05) is 51.5 Å². The Balaban J connectivity index is 1.98. The molecule has 0 saturated carbocycles. The fourth-order valence-corrected chi connectivity index (χ4v) is 2.37. The van der Waals surface area contributed by atoms with Crippen molar-refractivity contribution >= 4 is 15.9 Å². The van der Waals surface area contributed by atoms with Gasteiger partial charge in [-0.05, 0) is 24.3 Å². The molecule has 3 nitrogen and oxygen atoms in total. The second-order valence-corrected chi connectivity index (χ2v) is 4.95. The van der Waals surface area contributed by atoms with Crippen LogP contribution in [0.2, 0.25) is 0 Å². The van der Waals surface area contributed by atoms with Crippen molar-refractivity contribution < 1.29 is 0 Å². The lowest BCUT2D eigenvalue weighted by Gasteiger charge is -2.12. The molecule has 1 heterocycles. The Kier molecular flexibility index (Phi) is 4.31. The standard InChI is InChI=1S/C13H16BrN3/c1-17-10-13(15-16-17)8-12(9-14)7-11-5-3-2-4-6-11/h2-6,10,12H,7-9H2,1H3. The van der Waals surface area contributed by atoms with Crippen molar-refractivity contribution in [3.05, 3.63) is 47.8 Å². The molecule has 2 aromatic rings. The third-order valence-corrected chi connectivity index (χ3v) is 3.65. The molecule has 2 rings (SSSR count). The fourth-order valence-electron chi connectivity index (χ4n) is 1.91. The number of halogens is 1. The summed E-state index contributed by atoms with van der Waals surface area (Å²) in [6, 6.07) is 10.6. The van der Waals surface area contributed by atoms with Crippen molar-refractivity contribution in [3.63, 3.8) is 0 Å². The maximum absolute atomic E-state index is 4.14. The molecule has 4 heteroatoms. The van der Waals surface area contributed by atoms with E-state index in [0.29, 0.717) is 5.92 Å². The molecule has 90 valence electrons. The molecule has 0 aliphatic carbocycles. The lowest BCUT2D eigenvalue weighted by atomic mass is 9.97. The van der Waals surface area contributed by atoms with Crippen molar-refractivity contribution in [1.29, 1.82) is 0 Å². The summed E-state index contributed by atoms with van der Waals surface area (Å²) in [6.07, 6.45) is 4.03. The summed E-state index contributed by atoms with van der Waals surface area (Å²) in [5.74, 6) is 0.564. The van der Waals surface area contributed by atoms with Crippen LogP contribution in [0.4, 0.5) is 0 Å². The first-order valence-corrected chi connectivity index (χ1v) is 6.85. The minimum atomic E-state index is 0.564. The summed E-state index contributed by atoms with van der Waals surface area (Å²) in [7, 11) is 1.90. The first-order valence-electron chi connectivity index (χ1n) is 5.73. The molecule has 0 fully saturated rings. The molecular weight excluding hydrogens is 278 g/mol. The summed E-state index contributed by atoms with van der Waals surface area (Å²) < 4.78 is 1.75. The van der Waals surface area contributed by atoms with Crippen LogP contribution >= 0.6 is 15.9 Å². The Morgan fingerprint density at radius 2 is 2.00 bits per heavy atom. The SMILES string of the molecule is Cn1cc(CC(CBr)Cc2ccccc2)nn1. The molecule has 0 aliphatic rings. The van der Waals surface area contributed by atoms with Crippen molar-refractivity contribution in [3.8, 4) is 0 Å².